The van der Waals surface area contributed by atoms with Crippen molar-refractivity contribution in [2.45, 2.75) is 52.3 Å². The monoisotopic (exact) mass is 451 g/mol. The largest absolute Gasteiger partial charge is 0.242 e. The first-order valence-electron chi connectivity index (χ1n) is 10.8. The molecule has 0 fully saturated rings. The number of benzene rings is 3. The second-order valence-corrected chi connectivity index (χ2v) is 14.0. The third-order valence-corrected chi connectivity index (χ3v) is 9.24. The third-order valence-electron chi connectivity index (χ3n) is 5.16. The number of nitrogens with one attached hydrogen (secondary N) is 1. The molecule has 31 heavy (non-hydrogen) atoms. The van der Waals surface area contributed by atoms with Crippen LogP contribution in [0.2, 0.25) is 0 Å². The zero-order valence-corrected chi connectivity index (χ0v) is 21.1. The van der Waals surface area contributed by atoms with Gasteiger partial charge in [0.25, 0.3) is 0 Å². The molecule has 0 radical (unpaired) electrons. The van der Waals surface area contributed by atoms with Crippen molar-refractivity contribution in [3.8, 4) is 0 Å². The average molecular weight is 452 g/mol. The molecule has 0 amide bonds. The van der Waals surface area contributed by atoms with Gasteiger partial charge in [0, 0.05) is 6.04 Å². The van der Waals surface area contributed by atoms with Gasteiger partial charge >= 0.3 is 0 Å². The van der Waals surface area contributed by atoms with E-state index in [9.17, 15) is 4.21 Å². The van der Waals surface area contributed by atoms with Gasteiger partial charge in [-0.15, -0.1) is 0 Å². The molecule has 0 spiro atoms. The second kappa shape index (κ2) is 9.77. The summed E-state index contributed by atoms with van der Waals surface area (Å²) in [7, 11) is -1.91. The molecule has 0 aromatic heterocycles. The average Bonchev–Trinajstić information content (AvgIpc) is 2.73. The molecule has 1 unspecified atom stereocenters. The fraction of sp³-hybridized carbons (Fsp3) is 0.333. The van der Waals surface area contributed by atoms with E-state index in [1.54, 1.807) is 0 Å². The minimum Gasteiger partial charge on any atom is -0.242 e. The zero-order valence-electron chi connectivity index (χ0n) is 19.4. The molecule has 2 atom stereocenters. The quantitative estimate of drug-likeness (QED) is 0.487. The maximum absolute atomic E-state index is 13.1. The Morgan fingerprint density at radius 1 is 0.710 bits per heavy atom. The maximum atomic E-state index is 13.1. The Hall–Kier alpha value is -1.80. The van der Waals surface area contributed by atoms with E-state index in [2.05, 4.69) is 110 Å². The van der Waals surface area contributed by atoms with Crippen LogP contribution in [0.15, 0.2) is 84.9 Å². The fourth-order valence-corrected chi connectivity index (χ4v) is 7.05. The lowest BCUT2D eigenvalue weighted by Gasteiger charge is -2.36. The van der Waals surface area contributed by atoms with Crippen LogP contribution in [0.25, 0.3) is 0 Å². The first-order valence-corrected chi connectivity index (χ1v) is 13.3. The molecule has 0 saturated carbocycles. The summed E-state index contributed by atoms with van der Waals surface area (Å²) >= 11 is 0. The van der Waals surface area contributed by atoms with Gasteiger partial charge in [-0.3, -0.25) is 0 Å². The Kier molecular flexibility index (Phi) is 7.52. The summed E-state index contributed by atoms with van der Waals surface area (Å²) < 4.78 is 16.3. The lowest BCUT2D eigenvalue weighted by molar-refractivity contribution is 0.308. The van der Waals surface area contributed by atoms with Crippen molar-refractivity contribution in [1.82, 2.24) is 4.72 Å². The van der Waals surface area contributed by atoms with E-state index >= 15 is 0 Å². The van der Waals surface area contributed by atoms with Crippen LogP contribution in [0.3, 0.4) is 0 Å². The van der Waals surface area contributed by atoms with Gasteiger partial charge in [0.15, 0.2) is 0 Å². The van der Waals surface area contributed by atoms with Gasteiger partial charge in [-0.25, -0.2) is 8.93 Å². The molecule has 164 valence electrons. The van der Waals surface area contributed by atoms with Gasteiger partial charge in [0.1, 0.15) is 0 Å². The molecule has 0 aliphatic heterocycles. The van der Waals surface area contributed by atoms with Crippen molar-refractivity contribution in [2.75, 3.05) is 0 Å². The maximum Gasteiger partial charge on any atom is 0.0976 e. The van der Waals surface area contributed by atoms with Crippen molar-refractivity contribution >= 4 is 34.8 Å². The highest BCUT2D eigenvalue weighted by atomic mass is 32.2. The van der Waals surface area contributed by atoms with Crippen molar-refractivity contribution in [1.29, 1.82) is 0 Å². The van der Waals surface area contributed by atoms with E-state index in [-0.39, 0.29) is 16.2 Å². The predicted octanol–water partition coefficient (Wildman–Crippen LogP) is 5.58. The van der Waals surface area contributed by atoms with Gasteiger partial charge in [-0.2, -0.15) is 0 Å². The molecule has 3 aromatic carbocycles. The molecule has 0 aliphatic carbocycles. The molecule has 4 heteroatoms. The molecule has 1 N–H and O–H groups in total. The SMILES string of the molecule is CC(C)(C)[C@@H](NS(=O)C(C)(C)C)c1ccccc1P(c1ccccc1)c1ccccc1. The van der Waals surface area contributed by atoms with Crippen LogP contribution >= 0.6 is 7.92 Å². The smallest absolute Gasteiger partial charge is 0.0976 e. The predicted molar refractivity (Wildman–Crippen MR) is 138 cm³/mol. The van der Waals surface area contributed by atoms with Gasteiger partial charge in [0.05, 0.1) is 15.7 Å². The normalized spacial score (nSPS) is 14.4. The van der Waals surface area contributed by atoms with Crippen molar-refractivity contribution in [2.24, 2.45) is 5.41 Å². The summed E-state index contributed by atoms with van der Waals surface area (Å²) in [6.07, 6.45) is 0. The van der Waals surface area contributed by atoms with Gasteiger partial charge in [0.2, 0.25) is 0 Å². The topological polar surface area (TPSA) is 29.1 Å². The summed E-state index contributed by atoms with van der Waals surface area (Å²) in [6, 6.07) is 30.1. The van der Waals surface area contributed by atoms with Crippen molar-refractivity contribution in [3.63, 3.8) is 0 Å². The van der Waals surface area contributed by atoms with Gasteiger partial charge in [-0.1, -0.05) is 106 Å². The molecular weight excluding hydrogens is 417 g/mol. The van der Waals surface area contributed by atoms with E-state index in [4.69, 9.17) is 0 Å². The van der Waals surface area contributed by atoms with Crippen LogP contribution in [0.5, 0.6) is 0 Å². The standard InChI is InChI=1S/C27H34NOPS/c1-26(2,3)25(28-31(29)27(4,5)6)23-19-13-14-20-24(23)30(21-15-9-7-10-16-21)22-17-11-8-12-18-22/h7-20,25,28H,1-6H3/t25-,31?/m0/s1. The Morgan fingerprint density at radius 2 is 1.16 bits per heavy atom. The molecule has 2 nitrogen and oxygen atoms in total. The van der Waals surface area contributed by atoms with E-state index in [1.807, 2.05) is 20.8 Å². The Labute approximate surface area is 191 Å². The molecule has 0 heterocycles. The lowest BCUT2D eigenvalue weighted by Crippen LogP contribution is -2.42. The van der Waals surface area contributed by atoms with Crippen LogP contribution in [-0.2, 0) is 11.0 Å². The minimum atomic E-state index is -1.17. The first-order chi connectivity index (χ1) is 14.6. The molecule has 3 aromatic rings. The zero-order chi connectivity index (χ0) is 22.6. The van der Waals surface area contributed by atoms with E-state index < -0.39 is 18.9 Å². The summed E-state index contributed by atoms with van der Waals surface area (Å²) in [5.41, 5.74) is 1.12. The minimum absolute atomic E-state index is 0.0406. The number of hydrogen-bond acceptors (Lipinski definition) is 1. The van der Waals surface area contributed by atoms with Crippen molar-refractivity contribution < 1.29 is 4.21 Å². The lowest BCUT2D eigenvalue weighted by atomic mass is 9.83. The second-order valence-electron chi connectivity index (χ2n) is 9.86. The molecule has 0 saturated heterocycles. The first kappa shape index (κ1) is 23.9. The summed E-state index contributed by atoms with van der Waals surface area (Å²) in [6.45, 7) is 12.7. The molecule has 3 rings (SSSR count). The van der Waals surface area contributed by atoms with Crippen molar-refractivity contribution in [3.05, 3.63) is 90.5 Å². The van der Waals surface area contributed by atoms with Crippen LogP contribution in [0.1, 0.15) is 53.1 Å². The summed E-state index contributed by atoms with van der Waals surface area (Å²) in [5, 5.41) is 3.95. The number of hydrogen-bond donors (Lipinski definition) is 1. The highest BCUT2D eigenvalue weighted by molar-refractivity contribution is 7.84. The van der Waals surface area contributed by atoms with E-state index in [0.717, 1.165) is 0 Å². The third kappa shape index (κ3) is 5.92. The Balaban J connectivity index is 2.18. The van der Waals surface area contributed by atoms with Gasteiger partial charge in [-0.05, 0) is 55.6 Å². The summed E-state index contributed by atoms with van der Waals surface area (Å²) in [5.74, 6) is 0. The highest BCUT2D eigenvalue weighted by Crippen LogP contribution is 2.40. The van der Waals surface area contributed by atoms with Crippen LogP contribution in [-0.4, -0.2) is 8.96 Å². The van der Waals surface area contributed by atoms with Crippen LogP contribution in [0, 0.1) is 5.41 Å². The molecular formula is C27H34NOPS. The summed E-state index contributed by atoms with van der Waals surface area (Å²) in [4.78, 5) is 0. The molecule has 0 aliphatic rings. The Bertz CT molecular complexity index is 967. The van der Waals surface area contributed by atoms with Crippen LogP contribution < -0.4 is 20.6 Å². The van der Waals surface area contributed by atoms with Gasteiger partial charge < -0.3 is 0 Å². The fourth-order valence-electron chi connectivity index (χ4n) is 3.51. The van der Waals surface area contributed by atoms with E-state index in [1.165, 1.54) is 21.5 Å². The number of rotatable bonds is 6. The van der Waals surface area contributed by atoms with E-state index in [0.29, 0.717) is 0 Å². The Morgan fingerprint density at radius 3 is 1.61 bits per heavy atom. The highest BCUT2D eigenvalue weighted by Gasteiger charge is 2.34. The van der Waals surface area contributed by atoms with Crippen LogP contribution in [0.4, 0.5) is 0 Å². The molecule has 0 bridgehead atoms.